The maximum absolute atomic E-state index is 12.4. The zero-order chi connectivity index (χ0) is 19.0. The molecule has 3 heterocycles. The number of aryl methyl sites for hydroxylation is 1. The van der Waals surface area contributed by atoms with Gasteiger partial charge >= 0.3 is 0 Å². The molecule has 1 aliphatic carbocycles. The Bertz CT molecular complexity index is 977. The quantitative estimate of drug-likeness (QED) is 0.656. The Labute approximate surface area is 162 Å². The molecule has 144 valence electrons. The van der Waals surface area contributed by atoms with E-state index in [9.17, 15) is 4.79 Å². The van der Waals surface area contributed by atoms with Crippen LogP contribution in [0.1, 0.15) is 67.0 Å². The molecule has 3 aromatic rings. The smallest absolute Gasteiger partial charge is 0.290 e. The fourth-order valence-corrected chi connectivity index (χ4v) is 4.95. The Morgan fingerprint density at radius 3 is 3.15 bits per heavy atom. The van der Waals surface area contributed by atoms with Gasteiger partial charge in [0, 0.05) is 18.0 Å². The first kappa shape index (κ1) is 18.3. The first-order valence-electron chi connectivity index (χ1n) is 9.61. The SMILES string of the molecule is CC(C)OCCCNC(=O)c1nc2c3c4c(sc3ncn2n1)CCCC4C. The highest BCUT2D eigenvalue weighted by molar-refractivity contribution is 7.19. The lowest BCUT2D eigenvalue weighted by atomic mass is 9.87. The Balaban J connectivity index is 1.58. The van der Waals surface area contributed by atoms with Gasteiger partial charge in [0.1, 0.15) is 11.2 Å². The first-order valence-corrected chi connectivity index (χ1v) is 10.4. The van der Waals surface area contributed by atoms with E-state index in [0.717, 1.165) is 28.7 Å². The van der Waals surface area contributed by atoms with Crippen LogP contribution in [-0.2, 0) is 11.2 Å². The van der Waals surface area contributed by atoms with Gasteiger partial charge in [0.2, 0.25) is 5.82 Å². The van der Waals surface area contributed by atoms with Crippen molar-refractivity contribution in [3.05, 3.63) is 22.6 Å². The molecule has 0 aliphatic heterocycles. The number of hydrogen-bond acceptors (Lipinski definition) is 6. The number of fused-ring (bicyclic) bond motifs is 5. The van der Waals surface area contributed by atoms with Crippen LogP contribution in [0.5, 0.6) is 0 Å². The minimum absolute atomic E-state index is 0.192. The molecule has 0 saturated carbocycles. The molecule has 3 aromatic heterocycles. The van der Waals surface area contributed by atoms with Crippen LogP contribution in [-0.4, -0.2) is 44.7 Å². The zero-order valence-corrected chi connectivity index (χ0v) is 16.8. The van der Waals surface area contributed by atoms with E-state index in [1.165, 1.54) is 23.3 Å². The van der Waals surface area contributed by atoms with Crippen molar-refractivity contribution in [2.75, 3.05) is 13.2 Å². The lowest BCUT2D eigenvalue weighted by Crippen LogP contribution is -2.26. The Hall–Kier alpha value is -2.06. The van der Waals surface area contributed by atoms with Crippen molar-refractivity contribution in [1.29, 1.82) is 0 Å². The number of nitrogens with one attached hydrogen (secondary N) is 1. The Morgan fingerprint density at radius 1 is 1.48 bits per heavy atom. The number of rotatable bonds is 6. The van der Waals surface area contributed by atoms with E-state index in [0.29, 0.717) is 19.1 Å². The molecule has 0 radical (unpaired) electrons. The second-order valence-electron chi connectivity index (χ2n) is 7.39. The van der Waals surface area contributed by atoms with Crippen molar-refractivity contribution >= 4 is 33.1 Å². The van der Waals surface area contributed by atoms with Crippen LogP contribution < -0.4 is 5.32 Å². The van der Waals surface area contributed by atoms with Crippen molar-refractivity contribution in [3.63, 3.8) is 0 Å². The van der Waals surface area contributed by atoms with Gasteiger partial charge in [-0.15, -0.1) is 16.4 Å². The van der Waals surface area contributed by atoms with E-state index in [-0.39, 0.29) is 17.8 Å². The van der Waals surface area contributed by atoms with Gasteiger partial charge in [-0.1, -0.05) is 6.92 Å². The largest absolute Gasteiger partial charge is 0.379 e. The number of nitrogens with zero attached hydrogens (tertiary/aromatic N) is 4. The summed E-state index contributed by atoms with van der Waals surface area (Å²) in [4.78, 5) is 23.9. The highest BCUT2D eigenvalue weighted by atomic mass is 32.1. The van der Waals surface area contributed by atoms with Gasteiger partial charge in [-0.2, -0.15) is 0 Å². The zero-order valence-electron chi connectivity index (χ0n) is 16.0. The third-order valence-corrected chi connectivity index (χ3v) is 6.11. The van der Waals surface area contributed by atoms with Crippen LogP contribution in [0, 0.1) is 0 Å². The minimum Gasteiger partial charge on any atom is -0.379 e. The maximum atomic E-state index is 12.4. The monoisotopic (exact) mass is 387 g/mol. The molecule has 0 spiro atoms. The lowest BCUT2D eigenvalue weighted by molar-refractivity contribution is 0.0756. The van der Waals surface area contributed by atoms with Crippen LogP contribution in [0.2, 0.25) is 0 Å². The normalized spacial score (nSPS) is 17.0. The number of thiophene rings is 1. The summed E-state index contributed by atoms with van der Waals surface area (Å²) < 4.78 is 7.12. The van der Waals surface area contributed by atoms with Crippen molar-refractivity contribution < 1.29 is 9.53 Å². The number of amides is 1. The molecule has 1 unspecified atom stereocenters. The van der Waals surface area contributed by atoms with Crippen molar-refractivity contribution in [2.45, 2.75) is 58.5 Å². The molecule has 0 bridgehead atoms. The predicted octanol–water partition coefficient (Wildman–Crippen LogP) is 3.32. The van der Waals surface area contributed by atoms with E-state index >= 15 is 0 Å². The van der Waals surface area contributed by atoms with E-state index in [1.54, 1.807) is 22.2 Å². The van der Waals surface area contributed by atoms with Crippen molar-refractivity contribution in [3.8, 4) is 0 Å². The number of ether oxygens (including phenoxy) is 1. The molecular weight excluding hydrogens is 362 g/mol. The summed E-state index contributed by atoms with van der Waals surface area (Å²) in [7, 11) is 0. The first-order chi connectivity index (χ1) is 13.0. The standard InChI is InChI=1S/C19H25N5O2S/c1-11(2)26-9-5-8-20-18(25)16-22-17-15-14-12(3)6-4-7-13(14)27-19(15)21-10-24(17)23-16/h10-12H,4-9H2,1-3H3,(H,20,25). The van der Waals surface area contributed by atoms with Crippen LogP contribution in [0.3, 0.4) is 0 Å². The van der Waals surface area contributed by atoms with Crippen LogP contribution >= 0.6 is 11.3 Å². The van der Waals surface area contributed by atoms with E-state index in [1.807, 2.05) is 13.8 Å². The van der Waals surface area contributed by atoms with Crippen molar-refractivity contribution in [1.82, 2.24) is 24.9 Å². The summed E-state index contributed by atoms with van der Waals surface area (Å²) in [6.07, 6.45) is 6.13. The molecular formula is C19H25N5O2S. The molecule has 7 nitrogen and oxygen atoms in total. The van der Waals surface area contributed by atoms with Gasteiger partial charge in [-0.05, 0) is 51.0 Å². The van der Waals surface area contributed by atoms with Gasteiger partial charge in [-0.3, -0.25) is 4.79 Å². The lowest BCUT2D eigenvalue weighted by Gasteiger charge is -2.18. The van der Waals surface area contributed by atoms with Gasteiger partial charge in [0.05, 0.1) is 11.5 Å². The van der Waals surface area contributed by atoms with E-state index < -0.39 is 0 Å². The summed E-state index contributed by atoms with van der Waals surface area (Å²) in [5, 5.41) is 8.29. The van der Waals surface area contributed by atoms with Gasteiger partial charge in [-0.25, -0.2) is 14.5 Å². The Kier molecular flexibility index (Phi) is 5.10. The molecule has 1 N–H and O–H groups in total. The fourth-order valence-electron chi connectivity index (χ4n) is 3.65. The third kappa shape index (κ3) is 3.55. The van der Waals surface area contributed by atoms with Crippen LogP contribution in [0.25, 0.3) is 15.9 Å². The molecule has 0 fully saturated rings. The maximum Gasteiger partial charge on any atom is 0.290 e. The number of carbonyl (C=O) groups is 1. The molecule has 1 atom stereocenters. The molecule has 4 rings (SSSR count). The topological polar surface area (TPSA) is 81.4 Å². The summed E-state index contributed by atoms with van der Waals surface area (Å²) in [5.74, 6) is 0.427. The molecule has 8 heteroatoms. The molecule has 1 aliphatic rings. The average molecular weight is 388 g/mol. The van der Waals surface area contributed by atoms with Gasteiger partial charge in [0.25, 0.3) is 5.91 Å². The summed E-state index contributed by atoms with van der Waals surface area (Å²) in [6, 6.07) is 0. The number of aromatic nitrogens is 4. The third-order valence-electron chi connectivity index (χ3n) is 4.94. The molecule has 0 aromatic carbocycles. The van der Waals surface area contributed by atoms with Crippen LogP contribution in [0.4, 0.5) is 0 Å². The summed E-state index contributed by atoms with van der Waals surface area (Å²) >= 11 is 1.75. The molecule has 1 amide bonds. The highest BCUT2D eigenvalue weighted by Gasteiger charge is 2.25. The van der Waals surface area contributed by atoms with Crippen LogP contribution in [0.15, 0.2) is 6.33 Å². The molecule has 0 saturated heterocycles. The second-order valence-corrected chi connectivity index (χ2v) is 8.47. The summed E-state index contributed by atoms with van der Waals surface area (Å²) in [6.45, 7) is 7.42. The highest BCUT2D eigenvalue weighted by Crippen LogP contribution is 2.42. The van der Waals surface area contributed by atoms with Gasteiger partial charge < -0.3 is 10.1 Å². The number of carbonyl (C=O) groups excluding carboxylic acids is 1. The molecule has 27 heavy (non-hydrogen) atoms. The number of hydrogen-bond donors (Lipinski definition) is 1. The second kappa shape index (κ2) is 7.52. The Morgan fingerprint density at radius 2 is 2.33 bits per heavy atom. The summed E-state index contributed by atoms with van der Waals surface area (Å²) in [5.41, 5.74) is 2.09. The van der Waals surface area contributed by atoms with E-state index in [4.69, 9.17) is 4.74 Å². The van der Waals surface area contributed by atoms with E-state index in [2.05, 4.69) is 27.3 Å². The fraction of sp³-hybridized carbons (Fsp3) is 0.579. The minimum atomic E-state index is -0.256. The average Bonchev–Trinajstić information content (AvgIpc) is 3.22. The van der Waals surface area contributed by atoms with Gasteiger partial charge in [0.15, 0.2) is 5.65 Å². The predicted molar refractivity (Wildman–Crippen MR) is 106 cm³/mol. The van der Waals surface area contributed by atoms with Crippen molar-refractivity contribution in [2.24, 2.45) is 0 Å².